The van der Waals surface area contributed by atoms with Gasteiger partial charge in [0.1, 0.15) is 5.69 Å². The number of benzene rings is 1. The van der Waals surface area contributed by atoms with E-state index in [1.54, 1.807) is 0 Å². The monoisotopic (exact) mass is 538 g/mol. The Morgan fingerprint density at radius 3 is 2.28 bits per heavy atom. The average molecular weight is 539 g/mol. The van der Waals surface area contributed by atoms with Crippen LogP contribution in [-0.2, 0) is 31.9 Å². The Bertz CT molecular complexity index is 1100. The highest BCUT2D eigenvalue weighted by Gasteiger charge is 2.59. The van der Waals surface area contributed by atoms with Crippen molar-refractivity contribution in [2.24, 2.45) is 17.0 Å². The molecule has 0 aromatic heterocycles. The summed E-state index contributed by atoms with van der Waals surface area (Å²) in [6.07, 6.45) is 1.30. The van der Waals surface area contributed by atoms with Crippen molar-refractivity contribution in [3.05, 3.63) is 34.2 Å². The van der Waals surface area contributed by atoms with E-state index in [9.17, 15) is 31.3 Å². The number of hydrogen-bond acceptors (Lipinski definition) is 6. The van der Waals surface area contributed by atoms with Crippen molar-refractivity contribution in [1.82, 2.24) is 4.90 Å². The van der Waals surface area contributed by atoms with Gasteiger partial charge in [-0.05, 0) is 61.2 Å². The number of nitrogens with zero attached hydrogens (tertiary/aromatic N) is 2. The number of hydrogen-bond donors (Lipinski definition) is 0. The minimum Gasteiger partial charge on any atom is -0.330 e. The highest BCUT2D eigenvalue weighted by Crippen LogP contribution is 2.49. The summed E-state index contributed by atoms with van der Waals surface area (Å²) >= 11 is 0. The van der Waals surface area contributed by atoms with E-state index in [-0.39, 0.29) is 5.92 Å². The molecule has 2 bridgehead atoms. The summed E-state index contributed by atoms with van der Waals surface area (Å²) in [6, 6.07) is 1.25. The SMILES string of the molecule is O=Nc1cccc(C(F)(F)F)c1COS(=O)(=O)C(F)(F)C(=O)N(C1CCCCC1)C1CC2CCC1C2. The molecule has 0 radical (unpaired) electrons. The number of halogens is 5. The van der Waals surface area contributed by atoms with E-state index in [0.717, 1.165) is 55.6 Å². The predicted octanol–water partition coefficient (Wildman–Crippen LogP) is 5.89. The first-order valence-corrected chi connectivity index (χ1v) is 13.4. The second-order valence-corrected chi connectivity index (χ2v) is 11.5. The number of nitroso groups, excluding NO2 is 1. The van der Waals surface area contributed by atoms with Gasteiger partial charge in [-0.2, -0.15) is 30.4 Å². The van der Waals surface area contributed by atoms with E-state index in [2.05, 4.69) is 9.36 Å². The summed E-state index contributed by atoms with van der Waals surface area (Å²) in [5.74, 6) is -1.58. The molecule has 0 heterocycles. The first-order valence-electron chi connectivity index (χ1n) is 12.0. The van der Waals surface area contributed by atoms with Crippen LogP contribution in [0, 0.1) is 16.7 Å². The summed E-state index contributed by atoms with van der Waals surface area (Å²) in [6.45, 7) is -1.53. The van der Waals surface area contributed by atoms with Crippen molar-refractivity contribution in [1.29, 1.82) is 0 Å². The third-order valence-electron chi connectivity index (χ3n) is 7.74. The lowest BCUT2D eigenvalue weighted by Crippen LogP contribution is -2.57. The maximum Gasteiger partial charge on any atom is 0.447 e. The third kappa shape index (κ3) is 5.00. The molecule has 0 aliphatic heterocycles. The Labute approximate surface area is 205 Å². The maximum absolute atomic E-state index is 15.3. The second kappa shape index (κ2) is 9.96. The zero-order valence-corrected chi connectivity index (χ0v) is 20.2. The van der Waals surface area contributed by atoms with Crippen LogP contribution in [-0.4, -0.2) is 36.6 Å². The number of carbonyl (C=O) groups excluding carboxylic acids is 1. The molecule has 1 amide bonds. The van der Waals surface area contributed by atoms with E-state index in [1.165, 1.54) is 0 Å². The Hall–Kier alpha value is -2.15. The normalized spacial score (nSPS) is 25.2. The largest absolute Gasteiger partial charge is 0.447 e. The quantitative estimate of drug-likeness (QED) is 0.234. The van der Waals surface area contributed by atoms with Gasteiger partial charge in [0, 0.05) is 17.6 Å². The molecule has 0 N–H and O–H groups in total. The van der Waals surface area contributed by atoms with Crippen LogP contribution in [0.15, 0.2) is 23.4 Å². The fourth-order valence-electron chi connectivity index (χ4n) is 6.04. The van der Waals surface area contributed by atoms with Crippen LogP contribution in [0.5, 0.6) is 0 Å². The predicted molar refractivity (Wildman–Crippen MR) is 119 cm³/mol. The van der Waals surface area contributed by atoms with Crippen LogP contribution in [0.3, 0.4) is 0 Å². The topological polar surface area (TPSA) is 93.1 Å². The van der Waals surface area contributed by atoms with Crippen molar-refractivity contribution in [2.45, 2.75) is 87.9 Å². The van der Waals surface area contributed by atoms with Gasteiger partial charge in [-0.25, -0.2) is 0 Å². The van der Waals surface area contributed by atoms with Crippen LogP contribution < -0.4 is 0 Å². The standard InChI is InChI=1S/C23H27F5N2O5S/c24-22(25,26)18-7-4-8-19(29-32)17(18)13-35-36(33,34)23(27,28)21(31)30(16-5-2-1-3-6-16)20-12-14-9-10-15(20)11-14/h4,7-8,14-16,20H,1-3,5-6,9-13H2. The van der Waals surface area contributed by atoms with Gasteiger partial charge in [0.2, 0.25) is 0 Å². The van der Waals surface area contributed by atoms with E-state index < -0.39 is 63.0 Å². The van der Waals surface area contributed by atoms with Gasteiger partial charge in [0.05, 0.1) is 12.2 Å². The Kier molecular flexibility index (Phi) is 7.44. The van der Waals surface area contributed by atoms with Gasteiger partial charge >= 0.3 is 27.5 Å². The minimum atomic E-state index is -6.01. The Morgan fingerprint density at radius 2 is 1.72 bits per heavy atom. The van der Waals surface area contributed by atoms with Gasteiger partial charge in [-0.3, -0.25) is 8.98 Å². The number of carbonyl (C=O) groups is 1. The third-order valence-corrected chi connectivity index (χ3v) is 8.97. The fraction of sp³-hybridized carbons (Fsp3) is 0.696. The van der Waals surface area contributed by atoms with E-state index in [1.807, 2.05) is 0 Å². The lowest BCUT2D eigenvalue weighted by atomic mass is 9.88. The molecule has 1 aromatic carbocycles. The van der Waals surface area contributed by atoms with Crippen molar-refractivity contribution in [2.75, 3.05) is 0 Å². The van der Waals surface area contributed by atoms with Crippen LogP contribution in [0.25, 0.3) is 0 Å². The van der Waals surface area contributed by atoms with Crippen LogP contribution in [0.2, 0.25) is 0 Å². The lowest BCUT2D eigenvalue weighted by Gasteiger charge is -2.43. The molecule has 3 saturated carbocycles. The lowest BCUT2D eigenvalue weighted by molar-refractivity contribution is -0.155. The molecule has 3 atom stereocenters. The Balaban J connectivity index is 1.60. The average Bonchev–Trinajstić information content (AvgIpc) is 3.46. The smallest absolute Gasteiger partial charge is 0.330 e. The Morgan fingerprint density at radius 1 is 1.03 bits per heavy atom. The zero-order valence-electron chi connectivity index (χ0n) is 19.3. The second-order valence-electron chi connectivity index (χ2n) is 9.87. The number of rotatable bonds is 8. The molecule has 0 saturated heterocycles. The molecule has 3 aliphatic rings. The molecule has 36 heavy (non-hydrogen) atoms. The van der Waals surface area contributed by atoms with E-state index in [4.69, 9.17) is 0 Å². The molecular formula is C23H27F5N2O5S. The van der Waals surface area contributed by atoms with E-state index in [0.29, 0.717) is 31.2 Å². The number of amides is 1. The molecular weight excluding hydrogens is 511 g/mol. The van der Waals surface area contributed by atoms with Crippen molar-refractivity contribution in [3.8, 4) is 0 Å². The summed E-state index contributed by atoms with van der Waals surface area (Å²) in [4.78, 5) is 25.2. The fourth-order valence-corrected chi connectivity index (χ4v) is 6.78. The molecule has 200 valence electrons. The van der Waals surface area contributed by atoms with Crippen molar-refractivity contribution in [3.63, 3.8) is 0 Å². The summed E-state index contributed by atoms with van der Waals surface area (Å²) in [5, 5.41) is -2.60. The molecule has 3 unspecified atom stereocenters. The van der Waals surface area contributed by atoms with E-state index >= 15 is 8.78 Å². The number of alkyl halides is 5. The van der Waals surface area contributed by atoms with Gasteiger partial charge < -0.3 is 4.90 Å². The molecule has 0 spiro atoms. The highest BCUT2D eigenvalue weighted by molar-refractivity contribution is 7.88. The zero-order chi connectivity index (χ0) is 26.3. The molecule has 7 nitrogen and oxygen atoms in total. The van der Waals surface area contributed by atoms with Gasteiger partial charge in [0.15, 0.2) is 0 Å². The van der Waals surface area contributed by atoms with Gasteiger partial charge in [-0.1, -0.05) is 31.7 Å². The van der Waals surface area contributed by atoms with Crippen molar-refractivity contribution < 1.29 is 39.3 Å². The molecule has 3 aliphatic carbocycles. The summed E-state index contributed by atoms with van der Waals surface area (Å²) in [7, 11) is -6.01. The molecule has 4 rings (SSSR count). The first-order chi connectivity index (χ1) is 16.9. The number of fused-ring (bicyclic) bond motifs is 2. The highest BCUT2D eigenvalue weighted by atomic mass is 32.2. The van der Waals surface area contributed by atoms with Crippen LogP contribution >= 0.6 is 0 Å². The van der Waals surface area contributed by atoms with Crippen LogP contribution in [0.1, 0.15) is 68.9 Å². The maximum atomic E-state index is 15.3. The minimum absolute atomic E-state index is 0.0141. The molecule has 3 fully saturated rings. The summed E-state index contributed by atoms with van der Waals surface area (Å²) < 4.78 is 100. The van der Waals surface area contributed by atoms with Gasteiger partial charge in [0.25, 0.3) is 0 Å². The molecule has 1 aromatic rings. The first kappa shape index (κ1) is 26.9. The van der Waals surface area contributed by atoms with Crippen LogP contribution in [0.4, 0.5) is 27.6 Å². The van der Waals surface area contributed by atoms with Gasteiger partial charge in [-0.15, -0.1) is 4.91 Å². The summed E-state index contributed by atoms with van der Waals surface area (Å²) in [5.41, 5.74) is -3.26. The van der Waals surface area contributed by atoms with Crippen molar-refractivity contribution >= 4 is 21.7 Å². The molecule has 13 heteroatoms.